The van der Waals surface area contributed by atoms with Crippen molar-refractivity contribution in [2.75, 3.05) is 39.5 Å². The Kier molecular flexibility index (Phi) is 10.5. The second kappa shape index (κ2) is 13.2. The van der Waals surface area contributed by atoms with Crippen LogP contribution in [0.4, 0.5) is 0 Å². The van der Waals surface area contributed by atoms with Crippen LogP contribution in [0.1, 0.15) is 32.6 Å². The predicted octanol–water partition coefficient (Wildman–Crippen LogP) is 2.52. The van der Waals surface area contributed by atoms with E-state index < -0.39 is 0 Å². The van der Waals surface area contributed by atoms with Crippen molar-refractivity contribution in [2.24, 2.45) is 10.9 Å². The van der Waals surface area contributed by atoms with Gasteiger partial charge in [0.25, 0.3) is 0 Å². The topological polar surface area (TPSA) is 83.0 Å². The second-order valence-electron chi connectivity index (χ2n) is 7.49. The van der Waals surface area contributed by atoms with Crippen molar-refractivity contribution >= 4 is 29.6 Å². The van der Waals surface area contributed by atoms with E-state index in [2.05, 4.69) is 27.8 Å². The van der Waals surface area contributed by atoms with Gasteiger partial charge in [0.2, 0.25) is 5.91 Å². The van der Waals surface area contributed by atoms with E-state index in [1.165, 1.54) is 9.80 Å². The summed E-state index contributed by atoms with van der Waals surface area (Å²) in [7, 11) is 3.46. The summed E-state index contributed by atoms with van der Waals surface area (Å²) in [5.41, 5.74) is 0. The molecule has 0 atom stereocenters. The van der Waals surface area contributed by atoms with Crippen LogP contribution >= 0.6 is 11.8 Å². The molecule has 0 radical (unpaired) electrons. The van der Waals surface area contributed by atoms with Gasteiger partial charge in [-0.15, -0.1) is 11.8 Å². The zero-order chi connectivity index (χ0) is 21.8. The van der Waals surface area contributed by atoms with Crippen molar-refractivity contribution in [3.8, 4) is 0 Å². The summed E-state index contributed by atoms with van der Waals surface area (Å²) >= 11 is 1.77. The maximum Gasteiger partial charge on any atom is 0.308 e. The molecule has 1 saturated carbocycles. The molecule has 2 N–H and O–H groups in total. The Morgan fingerprint density at radius 2 is 1.87 bits per heavy atom. The Morgan fingerprint density at radius 1 is 1.17 bits per heavy atom. The quantitative estimate of drug-likeness (QED) is 0.204. The molecule has 1 amide bonds. The SMILES string of the molecule is CCOC(=O)C1CCC(NC(=NCC(=O)N(C)C)NCCSc2ccccc2)CC1. The van der Waals surface area contributed by atoms with Gasteiger partial charge < -0.3 is 20.3 Å². The van der Waals surface area contributed by atoms with Crippen LogP contribution in [-0.2, 0) is 14.3 Å². The summed E-state index contributed by atoms with van der Waals surface area (Å²) in [6, 6.07) is 10.5. The summed E-state index contributed by atoms with van der Waals surface area (Å²) in [4.78, 5) is 31.1. The lowest BCUT2D eigenvalue weighted by atomic mass is 9.86. The molecule has 1 fully saturated rings. The van der Waals surface area contributed by atoms with Crippen molar-refractivity contribution in [1.82, 2.24) is 15.5 Å². The number of hydrogen-bond acceptors (Lipinski definition) is 5. The lowest BCUT2D eigenvalue weighted by molar-refractivity contribution is -0.149. The fourth-order valence-electron chi connectivity index (χ4n) is 3.22. The van der Waals surface area contributed by atoms with Gasteiger partial charge in [0.05, 0.1) is 12.5 Å². The lowest BCUT2D eigenvalue weighted by Crippen LogP contribution is -2.46. The number of nitrogens with zero attached hydrogens (tertiary/aromatic N) is 2. The van der Waals surface area contributed by atoms with Crippen molar-refractivity contribution in [1.29, 1.82) is 0 Å². The number of aliphatic imine (C=N–C) groups is 1. The van der Waals surface area contributed by atoms with Gasteiger partial charge in [-0.3, -0.25) is 9.59 Å². The highest BCUT2D eigenvalue weighted by Crippen LogP contribution is 2.25. The number of rotatable bonds is 9. The molecule has 1 aliphatic carbocycles. The highest BCUT2D eigenvalue weighted by atomic mass is 32.2. The summed E-state index contributed by atoms with van der Waals surface area (Å²) in [6.45, 7) is 3.11. The summed E-state index contributed by atoms with van der Waals surface area (Å²) in [5, 5.41) is 6.79. The molecule has 8 heteroatoms. The van der Waals surface area contributed by atoms with E-state index >= 15 is 0 Å². The van der Waals surface area contributed by atoms with Gasteiger partial charge in [-0.1, -0.05) is 18.2 Å². The first kappa shape index (κ1) is 24.1. The minimum absolute atomic E-state index is 0.00561. The number of carbonyl (C=O) groups is 2. The minimum Gasteiger partial charge on any atom is -0.466 e. The molecule has 0 bridgehead atoms. The van der Waals surface area contributed by atoms with E-state index in [1.54, 1.807) is 25.9 Å². The standard InChI is InChI=1S/C22H34N4O3S/c1-4-29-21(28)17-10-12-18(13-11-17)25-22(24-16-20(27)26(2)3)23-14-15-30-19-8-6-5-7-9-19/h5-9,17-18H,4,10-16H2,1-3H3,(H2,23,24,25). The fourth-order valence-corrected chi connectivity index (χ4v) is 4.01. The van der Waals surface area contributed by atoms with E-state index in [1.807, 2.05) is 25.1 Å². The van der Waals surface area contributed by atoms with Crippen LogP contribution in [0.3, 0.4) is 0 Å². The first-order valence-electron chi connectivity index (χ1n) is 10.6. The molecule has 1 aliphatic rings. The van der Waals surface area contributed by atoms with E-state index in [0.717, 1.165) is 38.0 Å². The smallest absolute Gasteiger partial charge is 0.308 e. The van der Waals surface area contributed by atoms with Gasteiger partial charge in [0.1, 0.15) is 6.54 Å². The number of hydrogen-bond donors (Lipinski definition) is 2. The van der Waals surface area contributed by atoms with Gasteiger partial charge >= 0.3 is 5.97 Å². The normalized spacial score (nSPS) is 19.1. The van der Waals surface area contributed by atoms with E-state index in [4.69, 9.17) is 4.74 Å². The molecule has 1 aromatic rings. The molecule has 0 aliphatic heterocycles. The third kappa shape index (κ3) is 8.65. The van der Waals surface area contributed by atoms with Crippen molar-refractivity contribution in [3.05, 3.63) is 30.3 Å². The molecule has 0 aromatic heterocycles. The van der Waals surface area contributed by atoms with Crippen LogP contribution in [0.25, 0.3) is 0 Å². The number of esters is 1. The molecular weight excluding hydrogens is 400 g/mol. The van der Waals surface area contributed by atoms with Crippen LogP contribution in [-0.4, -0.2) is 68.3 Å². The molecule has 1 aromatic carbocycles. The number of carbonyl (C=O) groups excluding carboxylic acids is 2. The number of thioether (sulfide) groups is 1. The van der Waals surface area contributed by atoms with Crippen LogP contribution in [0.2, 0.25) is 0 Å². The molecule has 0 saturated heterocycles. The third-order valence-corrected chi connectivity index (χ3v) is 5.98. The predicted molar refractivity (Wildman–Crippen MR) is 122 cm³/mol. The van der Waals surface area contributed by atoms with E-state index in [-0.39, 0.29) is 30.4 Å². The molecule has 0 heterocycles. The Hall–Kier alpha value is -2.22. The van der Waals surface area contributed by atoms with Crippen LogP contribution < -0.4 is 10.6 Å². The molecule has 166 valence electrons. The second-order valence-corrected chi connectivity index (χ2v) is 8.65. The van der Waals surface area contributed by atoms with Crippen LogP contribution in [0.5, 0.6) is 0 Å². The number of ether oxygens (including phenoxy) is 1. The Morgan fingerprint density at radius 3 is 2.50 bits per heavy atom. The zero-order valence-corrected chi connectivity index (χ0v) is 19.0. The number of amides is 1. The highest BCUT2D eigenvalue weighted by molar-refractivity contribution is 7.99. The van der Waals surface area contributed by atoms with Gasteiger partial charge in [-0.2, -0.15) is 0 Å². The first-order valence-corrected chi connectivity index (χ1v) is 11.6. The zero-order valence-electron chi connectivity index (χ0n) is 18.2. The number of nitrogens with one attached hydrogen (secondary N) is 2. The molecular formula is C22H34N4O3S. The fraction of sp³-hybridized carbons (Fsp3) is 0.591. The number of likely N-dealkylation sites (N-methyl/N-ethyl adjacent to an activating group) is 1. The van der Waals surface area contributed by atoms with Crippen molar-refractivity contribution in [3.63, 3.8) is 0 Å². The van der Waals surface area contributed by atoms with Crippen molar-refractivity contribution in [2.45, 2.75) is 43.5 Å². The molecule has 2 rings (SSSR count). The highest BCUT2D eigenvalue weighted by Gasteiger charge is 2.27. The Labute approximate surface area is 184 Å². The monoisotopic (exact) mass is 434 g/mol. The first-order chi connectivity index (χ1) is 14.5. The average molecular weight is 435 g/mol. The van der Waals surface area contributed by atoms with Crippen LogP contribution in [0.15, 0.2) is 40.2 Å². The number of benzene rings is 1. The van der Waals surface area contributed by atoms with Gasteiger partial charge in [-0.25, -0.2) is 4.99 Å². The minimum atomic E-state index is -0.0857. The van der Waals surface area contributed by atoms with Gasteiger partial charge in [0, 0.05) is 37.3 Å². The molecule has 0 spiro atoms. The third-order valence-electron chi connectivity index (χ3n) is 4.97. The van der Waals surface area contributed by atoms with Crippen molar-refractivity contribution < 1.29 is 14.3 Å². The van der Waals surface area contributed by atoms with E-state index in [0.29, 0.717) is 12.6 Å². The lowest BCUT2D eigenvalue weighted by Gasteiger charge is -2.29. The Bertz CT molecular complexity index is 689. The maximum atomic E-state index is 11.9. The Balaban J connectivity index is 1.84. The summed E-state index contributed by atoms with van der Waals surface area (Å²) in [6.07, 6.45) is 3.38. The molecule has 0 unspecified atom stereocenters. The largest absolute Gasteiger partial charge is 0.466 e. The molecule has 7 nitrogen and oxygen atoms in total. The summed E-state index contributed by atoms with van der Waals surface area (Å²) < 4.78 is 5.15. The molecule has 30 heavy (non-hydrogen) atoms. The van der Waals surface area contributed by atoms with Crippen LogP contribution in [0, 0.1) is 5.92 Å². The van der Waals surface area contributed by atoms with Gasteiger partial charge in [-0.05, 0) is 44.7 Å². The number of guanidine groups is 1. The maximum absolute atomic E-state index is 11.9. The summed E-state index contributed by atoms with van der Waals surface area (Å²) in [5.74, 6) is 1.41. The van der Waals surface area contributed by atoms with Gasteiger partial charge in [0.15, 0.2) is 5.96 Å². The van der Waals surface area contributed by atoms with E-state index in [9.17, 15) is 9.59 Å². The average Bonchev–Trinajstić information content (AvgIpc) is 2.75.